The molecule has 0 unspecified atom stereocenters. The molecule has 8 nitrogen and oxygen atoms in total. The highest BCUT2D eigenvalue weighted by molar-refractivity contribution is 5.91. The van der Waals surface area contributed by atoms with E-state index in [0.29, 0.717) is 11.8 Å². The molecule has 10 heteroatoms. The maximum absolute atomic E-state index is 14.1. The summed E-state index contributed by atoms with van der Waals surface area (Å²) < 4.78 is 29.3. The fourth-order valence-corrected chi connectivity index (χ4v) is 3.07. The Bertz CT molecular complexity index is 1350. The molecule has 0 aliphatic carbocycles. The average Bonchev–Trinajstić information content (AvgIpc) is 3.11. The van der Waals surface area contributed by atoms with Gasteiger partial charge in [0.25, 0.3) is 5.56 Å². The fourth-order valence-electron chi connectivity index (χ4n) is 3.07. The Morgan fingerprint density at radius 3 is 2.67 bits per heavy atom. The van der Waals surface area contributed by atoms with Gasteiger partial charge in [0, 0.05) is 11.8 Å². The van der Waals surface area contributed by atoms with Crippen molar-refractivity contribution in [2.45, 2.75) is 20.4 Å². The maximum Gasteiger partial charge on any atom is 0.284 e. The largest absolute Gasteiger partial charge is 0.324 e. The van der Waals surface area contributed by atoms with E-state index in [2.05, 4.69) is 20.6 Å². The van der Waals surface area contributed by atoms with Crippen molar-refractivity contribution in [2.24, 2.45) is 0 Å². The summed E-state index contributed by atoms with van der Waals surface area (Å²) in [5.41, 5.74) is 1.76. The summed E-state index contributed by atoms with van der Waals surface area (Å²) in [4.78, 5) is 29.2. The van der Waals surface area contributed by atoms with Crippen LogP contribution in [0.1, 0.15) is 11.1 Å². The van der Waals surface area contributed by atoms with Crippen molar-refractivity contribution in [1.82, 2.24) is 24.5 Å². The van der Waals surface area contributed by atoms with Crippen LogP contribution >= 0.6 is 0 Å². The molecule has 0 atom stereocenters. The van der Waals surface area contributed by atoms with E-state index in [1.54, 1.807) is 6.07 Å². The van der Waals surface area contributed by atoms with Gasteiger partial charge in [-0.25, -0.2) is 13.8 Å². The Kier molecular flexibility index (Phi) is 4.82. The number of hydrogen-bond donors (Lipinski definition) is 1. The normalized spacial score (nSPS) is 11.1. The number of anilines is 1. The third-order valence-electron chi connectivity index (χ3n) is 4.54. The van der Waals surface area contributed by atoms with Gasteiger partial charge in [-0.2, -0.15) is 4.68 Å². The van der Waals surface area contributed by atoms with E-state index in [1.807, 2.05) is 26.0 Å². The Labute approximate surface area is 168 Å². The number of aryl methyl sites for hydroxylation is 2. The number of aromatic nitrogens is 5. The summed E-state index contributed by atoms with van der Waals surface area (Å²) >= 11 is 0. The molecule has 1 N–H and O–H groups in total. The van der Waals surface area contributed by atoms with Crippen LogP contribution in [0.25, 0.3) is 16.9 Å². The topological polar surface area (TPSA) is 94.7 Å². The van der Waals surface area contributed by atoms with Gasteiger partial charge < -0.3 is 5.32 Å². The Morgan fingerprint density at radius 2 is 1.93 bits per heavy atom. The Morgan fingerprint density at radius 1 is 1.13 bits per heavy atom. The first-order valence-corrected chi connectivity index (χ1v) is 8.97. The van der Waals surface area contributed by atoms with Gasteiger partial charge in [0.15, 0.2) is 17.0 Å². The van der Waals surface area contributed by atoms with E-state index in [1.165, 1.54) is 6.07 Å². The molecular weight excluding hydrogens is 394 g/mol. The molecule has 0 saturated carbocycles. The van der Waals surface area contributed by atoms with Gasteiger partial charge in [0.1, 0.15) is 24.4 Å². The second kappa shape index (κ2) is 7.47. The van der Waals surface area contributed by atoms with Crippen LogP contribution < -0.4 is 10.9 Å². The first-order valence-electron chi connectivity index (χ1n) is 8.97. The molecule has 0 saturated heterocycles. The van der Waals surface area contributed by atoms with E-state index in [9.17, 15) is 18.4 Å². The van der Waals surface area contributed by atoms with Crippen LogP contribution in [-0.4, -0.2) is 30.5 Å². The highest BCUT2D eigenvalue weighted by Crippen LogP contribution is 2.17. The molecule has 0 spiro atoms. The third kappa shape index (κ3) is 3.54. The van der Waals surface area contributed by atoms with Gasteiger partial charge in [0.2, 0.25) is 5.91 Å². The molecular formula is C20H16F2N6O2. The number of nitrogens with zero attached hydrogens (tertiary/aromatic N) is 5. The van der Waals surface area contributed by atoms with E-state index in [0.717, 1.165) is 32.8 Å². The molecule has 0 fully saturated rings. The second-order valence-corrected chi connectivity index (χ2v) is 6.81. The van der Waals surface area contributed by atoms with Crippen molar-refractivity contribution < 1.29 is 13.6 Å². The molecule has 4 aromatic rings. The van der Waals surface area contributed by atoms with Crippen molar-refractivity contribution in [3.8, 4) is 5.69 Å². The zero-order chi connectivity index (χ0) is 21.4. The lowest BCUT2D eigenvalue weighted by atomic mass is 10.1. The molecule has 0 radical (unpaired) electrons. The van der Waals surface area contributed by atoms with Crippen LogP contribution in [0.3, 0.4) is 0 Å². The summed E-state index contributed by atoms with van der Waals surface area (Å²) in [5, 5.41) is 10.3. The minimum Gasteiger partial charge on any atom is -0.324 e. The molecule has 152 valence electrons. The van der Waals surface area contributed by atoms with Crippen LogP contribution in [0.15, 0.2) is 47.5 Å². The van der Waals surface area contributed by atoms with Gasteiger partial charge in [-0.15, -0.1) is 5.10 Å². The lowest BCUT2D eigenvalue weighted by molar-refractivity contribution is -0.116. The lowest BCUT2D eigenvalue weighted by Gasteiger charge is -2.10. The highest BCUT2D eigenvalue weighted by atomic mass is 19.1. The van der Waals surface area contributed by atoms with Gasteiger partial charge in [-0.05, 0) is 37.6 Å². The summed E-state index contributed by atoms with van der Waals surface area (Å²) in [6.07, 6.45) is 1.16. The summed E-state index contributed by atoms with van der Waals surface area (Å²) in [5.74, 6) is -2.03. The number of rotatable bonds is 4. The molecule has 30 heavy (non-hydrogen) atoms. The van der Waals surface area contributed by atoms with Gasteiger partial charge >= 0.3 is 0 Å². The molecule has 4 rings (SSSR count). The quantitative estimate of drug-likeness (QED) is 0.558. The van der Waals surface area contributed by atoms with Gasteiger partial charge in [-0.1, -0.05) is 22.9 Å². The zero-order valence-electron chi connectivity index (χ0n) is 16.1. The standard InChI is InChI=1S/C20H16F2N6O2/c1-11-3-5-15(12(2)7-11)24-17(29)9-27-10-23-19-18(20(27)30)25-26-28(19)16-6-4-13(21)8-14(16)22/h3-8,10H,9H2,1-2H3,(H,24,29). The van der Waals surface area contributed by atoms with Crippen LogP contribution in [-0.2, 0) is 11.3 Å². The number of hydrogen-bond acceptors (Lipinski definition) is 5. The summed E-state index contributed by atoms with van der Waals surface area (Å²) in [6.45, 7) is 3.53. The lowest BCUT2D eigenvalue weighted by Crippen LogP contribution is -2.28. The predicted molar refractivity (Wildman–Crippen MR) is 105 cm³/mol. The summed E-state index contributed by atoms with van der Waals surface area (Å²) in [6, 6.07) is 8.52. The number of carbonyl (C=O) groups excluding carboxylic acids is 1. The number of amides is 1. The third-order valence-corrected chi connectivity index (χ3v) is 4.54. The van der Waals surface area contributed by atoms with Crippen molar-refractivity contribution in [3.63, 3.8) is 0 Å². The minimum atomic E-state index is -0.874. The van der Waals surface area contributed by atoms with Crippen molar-refractivity contribution in [2.75, 3.05) is 5.32 Å². The summed E-state index contributed by atoms with van der Waals surface area (Å²) in [7, 11) is 0. The van der Waals surface area contributed by atoms with Crippen molar-refractivity contribution in [1.29, 1.82) is 0 Å². The molecule has 0 aliphatic heterocycles. The van der Waals surface area contributed by atoms with Crippen molar-refractivity contribution >= 4 is 22.8 Å². The molecule has 0 bridgehead atoms. The number of benzene rings is 2. The maximum atomic E-state index is 14.1. The van der Waals surface area contributed by atoms with Crippen molar-refractivity contribution in [3.05, 3.63) is 75.8 Å². The van der Waals surface area contributed by atoms with E-state index >= 15 is 0 Å². The monoisotopic (exact) mass is 410 g/mol. The number of halogens is 2. The smallest absolute Gasteiger partial charge is 0.284 e. The minimum absolute atomic E-state index is 0.00320. The van der Waals surface area contributed by atoms with Crippen LogP contribution in [0, 0.1) is 25.5 Å². The SMILES string of the molecule is Cc1ccc(NC(=O)Cn2cnc3c(nnn3-c3ccc(F)cc3F)c2=O)c(C)c1. The van der Waals surface area contributed by atoms with Crippen LogP contribution in [0.2, 0.25) is 0 Å². The fraction of sp³-hybridized carbons (Fsp3) is 0.150. The molecule has 2 aromatic carbocycles. The molecule has 2 heterocycles. The number of carbonyl (C=O) groups is 1. The molecule has 1 amide bonds. The van der Waals surface area contributed by atoms with E-state index in [-0.39, 0.29) is 23.4 Å². The number of nitrogens with one attached hydrogen (secondary N) is 1. The van der Waals surface area contributed by atoms with E-state index in [4.69, 9.17) is 0 Å². The molecule has 0 aliphatic rings. The first kappa shape index (κ1) is 19.4. The van der Waals surface area contributed by atoms with Gasteiger partial charge in [-0.3, -0.25) is 14.2 Å². The predicted octanol–water partition coefficient (Wildman–Crippen LogP) is 2.51. The first-order chi connectivity index (χ1) is 14.3. The highest BCUT2D eigenvalue weighted by Gasteiger charge is 2.17. The average molecular weight is 410 g/mol. The Balaban J connectivity index is 1.63. The van der Waals surface area contributed by atoms with Crippen LogP contribution in [0.5, 0.6) is 0 Å². The molecule has 2 aromatic heterocycles. The zero-order valence-corrected chi connectivity index (χ0v) is 16.1. The second-order valence-electron chi connectivity index (χ2n) is 6.81. The number of fused-ring (bicyclic) bond motifs is 1. The van der Waals surface area contributed by atoms with E-state index < -0.39 is 23.1 Å². The Hall–Kier alpha value is -3.95. The van der Waals surface area contributed by atoms with Crippen LogP contribution in [0.4, 0.5) is 14.5 Å². The van der Waals surface area contributed by atoms with Gasteiger partial charge in [0.05, 0.1) is 0 Å².